The molecule has 25 heavy (non-hydrogen) atoms. The number of para-hydroxylation sites is 2. The topological polar surface area (TPSA) is 66.6 Å². The number of thioether (sulfide) groups is 1. The molecule has 2 aromatic carbocycles. The summed E-state index contributed by atoms with van der Waals surface area (Å²) >= 11 is 1.77. The SMILES string of the molecule is NC(=O)[C@@H]1Cc2ccccc2N1CC(=O)N1CCSc2ccccc21. The molecule has 6 heteroatoms. The van der Waals surface area contributed by atoms with Gasteiger partial charge in [0.1, 0.15) is 6.04 Å². The van der Waals surface area contributed by atoms with Crippen LogP contribution in [0.25, 0.3) is 0 Å². The minimum Gasteiger partial charge on any atom is -0.368 e. The number of amides is 2. The van der Waals surface area contributed by atoms with E-state index in [1.165, 1.54) is 0 Å². The normalized spacial score (nSPS) is 18.6. The lowest BCUT2D eigenvalue weighted by molar-refractivity contribution is -0.119. The number of anilines is 2. The third-order valence-corrected chi connectivity index (χ3v) is 5.80. The number of fused-ring (bicyclic) bond motifs is 2. The first-order chi connectivity index (χ1) is 12.1. The Morgan fingerprint density at radius 3 is 2.60 bits per heavy atom. The Kier molecular flexibility index (Phi) is 4.13. The largest absolute Gasteiger partial charge is 0.368 e. The van der Waals surface area contributed by atoms with Crippen molar-refractivity contribution in [2.75, 3.05) is 28.6 Å². The van der Waals surface area contributed by atoms with Crippen molar-refractivity contribution < 1.29 is 9.59 Å². The van der Waals surface area contributed by atoms with E-state index in [-0.39, 0.29) is 12.5 Å². The zero-order chi connectivity index (χ0) is 17.4. The minimum atomic E-state index is -0.462. The van der Waals surface area contributed by atoms with Gasteiger partial charge in [0.25, 0.3) is 0 Å². The summed E-state index contributed by atoms with van der Waals surface area (Å²) in [7, 11) is 0. The molecule has 1 atom stereocenters. The van der Waals surface area contributed by atoms with E-state index >= 15 is 0 Å². The summed E-state index contributed by atoms with van der Waals surface area (Å²) in [6, 6.07) is 15.3. The van der Waals surface area contributed by atoms with E-state index in [0.717, 1.165) is 27.6 Å². The Morgan fingerprint density at radius 2 is 1.80 bits per heavy atom. The van der Waals surface area contributed by atoms with Crippen LogP contribution < -0.4 is 15.5 Å². The van der Waals surface area contributed by atoms with Crippen molar-refractivity contribution >= 4 is 35.0 Å². The maximum absolute atomic E-state index is 13.0. The molecule has 0 radical (unpaired) electrons. The van der Waals surface area contributed by atoms with Gasteiger partial charge in [0.15, 0.2) is 0 Å². The number of carbonyl (C=O) groups excluding carboxylic acids is 2. The molecular weight excluding hydrogens is 334 g/mol. The smallest absolute Gasteiger partial charge is 0.246 e. The van der Waals surface area contributed by atoms with Gasteiger partial charge in [-0.1, -0.05) is 30.3 Å². The molecule has 2 aliphatic heterocycles. The number of rotatable bonds is 3. The summed E-state index contributed by atoms with van der Waals surface area (Å²) in [6.45, 7) is 0.834. The molecule has 0 fully saturated rings. The number of primary amides is 1. The molecule has 2 amide bonds. The van der Waals surface area contributed by atoms with Gasteiger partial charge in [-0.15, -0.1) is 11.8 Å². The van der Waals surface area contributed by atoms with E-state index in [2.05, 4.69) is 0 Å². The van der Waals surface area contributed by atoms with Crippen molar-refractivity contribution in [2.45, 2.75) is 17.4 Å². The van der Waals surface area contributed by atoms with Gasteiger partial charge in [-0.3, -0.25) is 9.59 Å². The highest BCUT2D eigenvalue weighted by Crippen LogP contribution is 2.36. The summed E-state index contributed by atoms with van der Waals surface area (Å²) in [5.41, 5.74) is 8.53. The van der Waals surface area contributed by atoms with E-state index in [1.54, 1.807) is 11.8 Å². The van der Waals surface area contributed by atoms with Crippen LogP contribution in [0.4, 0.5) is 11.4 Å². The second-order valence-electron chi connectivity index (χ2n) is 6.24. The second-order valence-corrected chi connectivity index (χ2v) is 7.38. The maximum Gasteiger partial charge on any atom is 0.246 e. The molecule has 4 rings (SSSR count). The van der Waals surface area contributed by atoms with Crippen LogP contribution in [0.15, 0.2) is 53.4 Å². The Hall–Kier alpha value is -2.47. The lowest BCUT2D eigenvalue weighted by Gasteiger charge is -2.32. The summed E-state index contributed by atoms with van der Waals surface area (Å²) in [4.78, 5) is 29.7. The van der Waals surface area contributed by atoms with Crippen LogP contribution in [0, 0.1) is 0 Å². The van der Waals surface area contributed by atoms with Gasteiger partial charge in [0.05, 0.1) is 12.2 Å². The monoisotopic (exact) mass is 353 g/mol. The molecule has 0 saturated carbocycles. The predicted octanol–water partition coefficient (Wildman–Crippen LogP) is 2.04. The van der Waals surface area contributed by atoms with Crippen molar-refractivity contribution in [3.05, 3.63) is 54.1 Å². The first-order valence-corrected chi connectivity index (χ1v) is 9.30. The molecule has 0 bridgehead atoms. The van der Waals surface area contributed by atoms with Gasteiger partial charge in [0, 0.05) is 29.3 Å². The molecular formula is C19H19N3O2S. The fourth-order valence-electron chi connectivity index (χ4n) is 3.56. The average molecular weight is 353 g/mol. The number of benzene rings is 2. The molecule has 0 saturated heterocycles. The van der Waals surface area contributed by atoms with E-state index in [0.29, 0.717) is 13.0 Å². The Morgan fingerprint density at radius 1 is 1.08 bits per heavy atom. The maximum atomic E-state index is 13.0. The number of nitrogens with zero attached hydrogens (tertiary/aromatic N) is 2. The first-order valence-electron chi connectivity index (χ1n) is 8.31. The number of carbonyl (C=O) groups is 2. The van der Waals surface area contributed by atoms with Crippen LogP contribution in [-0.2, 0) is 16.0 Å². The van der Waals surface area contributed by atoms with E-state index in [1.807, 2.05) is 58.3 Å². The van der Waals surface area contributed by atoms with E-state index in [9.17, 15) is 9.59 Å². The Balaban J connectivity index is 1.61. The molecule has 0 spiro atoms. The molecule has 0 aliphatic carbocycles. The lowest BCUT2D eigenvalue weighted by Crippen LogP contribution is -2.49. The fourth-order valence-corrected chi connectivity index (χ4v) is 4.55. The summed E-state index contributed by atoms with van der Waals surface area (Å²) in [5, 5.41) is 0. The van der Waals surface area contributed by atoms with E-state index in [4.69, 9.17) is 5.73 Å². The van der Waals surface area contributed by atoms with Crippen LogP contribution in [-0.4, -0.2) is 36.7 Å². The Bertz CT molecular complexity index is 839. The van der Waals surface area contributed by atoms with Crippen LogP contribution in [0.2, 0.25) is 0 Å². The molecule has 2 aromatic rings. The van der Waals surface area contributed by atoms with Gasteiger partial charge in [-0.25, -0.2) is 0 Å². The lowest BCUT2D eigenvalue weighted by atomic mass is 10.1. The number of nitrogens with two attached hydrogens (primary N) is 1. The molecule has 128 valence electrons. The highest BCUT2D eigenvalue weighted by atomic mass is 32.2. The highest BCUT2D eigenvalue weighted by Gasteiger charge is 2.35. The zero-order valence-corrected chi connectivity index (χ0v) is 14.5. The molecule has 2 N–H and O–H groups in total. The average Bonchev–Trinajstić information content (AvgIpc) is 3.00. The molecule has 2 aliphatic rings. The molecule has 0 aromatic heterocycles. The number of hydrogen-bond donors (Lipinski definition) is 1. The minimum absolute atomic E-state index is 0.00398. The van der Waals surface area contributed by atoms with Crippen LogP contribution >= 0.6 is 11.8 Å². The van der Waals surface area contributed by atoms with Gasteiger partial charge in [-0.2, -0.15) is 0 Å². The van der Waals surface area contributed by atoms with Gasteiger partial charge in [0.2, 0.25) is 11.8 Å². The number of hydrogen-bond acceptors (Lipinski definition) is 4. The second kappa shape index (κ2) is 6.44. The molecule has 5 nitrogen and oxygen atoms in total. The first kappa shape index (κ1) is 16.0. The van der Waals surface area contributed by atoms with E-state index < -0.39 is 11.9 Å². The third-order valence-electron chi connectivity index (χ3n) is 4.75. The summed E-state index contributed by atoms with van der Waals surface area (Å²) in [5.74, 6) is 0.479. The zero-order valence-electron chi connectivity index (χ0n) is 13.7. The Labute approximate surface area is 150 Å². The molecule has 2 heterocycles. The highest BCUT2D eigenvalue weighted by molar-refractivity contribution is 7.99. The van der Waals surface area contributed by atoms with Crippen molar-refractivity contribution in [3.63, 3.8) is 0 Å². The van der Waals surface area contributed by atoms with Crippen molar-refractivity contribution in [1.82, 2.24) is 0 Å². The van der Waals surface area contributed by atoms with Gasteiger partial charge >= 0.3 is 0 Å². The van der Waals surface area contributed by atoms with Crippen molar-refractivity contribution in [1.29, 1.82) is 0 Å². The summed E-state index contributed by atoms with van der Waals surface area (Å²) in [6.07, 6.45) is 0.561. The van der Waals surface area contributed by atoms with Gasteiger partial charge < -0.3 is 15.5 Å². The summed E-state index contributed by atoms with van der Waals surface area (Å²) < 4.78 is 0. The fraction of sp³-hybridized carbons (Fsp3) is 0.263. The van der Waals surface area contributed by atoms with Crippen LogP contribution in [0.3, 0.4) is 0 Å². The standard InChI is InChI=1S/C19H19N3O2S/c20-19(24)16-11-13-5-1-2-6-14(13)22(16)12-18(23)21-9-10-25-17-8-4-3-7-15(17)21/h1-8,16H,9-12H2,(H2,20,24)/t16-/m0/s1. The van der Waals surface area contributed by atoms with Gasteiger partial charge in [-0.05, 0) is 23.8 Å². The predicted molar refractivity (Wildman–Crippen MR) is 100.0 cm³/mol. The molecule has 0 unspecified atom stereocenters. The van der Waals surface area contributed by atoms with Crippen LogP contribution in [0.1, 0.15) is 5.56 Å². The van der Waals surface area contributed by atoms with Crippen molar-refractivity contribution in [3.8, 4) is 0 Å². The quantitative estimate of drug-likeness (QED) is 0.917. The third kappa shape index (κ3) is 2.87. The van der Waals surface area contributed by atoms with Crippen LogP contribution in [0.5, 0.6) is 0 Å². The van der Waals surface area contributed by atoms with Crippen molar-refractivity contribution in [2.24, 2.45) is 5.73 Å².